The summed E-state index contributed by atoms with van der Waals surface area (Å²) in [6, 6.07) is 0. The maximum absolute atomic E-state index is 12.7. The van der Waals surface area contributed by atoms with E-state index in [1.54, 1.807) is 0 Å². The predicted molar refractivity (Wildman–Crippen MR) is 89.7 cm³/mol. The largest absolute Gasteiger partial charge is 0.391 e. The van der Waals surface area contributed by atoms with Crippen molar-refractivity contribution in [3.05, 3.63) is 0 Å². The summed E-state index contributed by atoms with van der Waals surface area (Å²) in [5, 5.41) is 13.0. The average molecular weight is 324 g/mol. The molecular weight excluding hydrogens is 292 g/mol. The molecule has 3 atom stereocenters. The average Bonchev–Trinajstić information content (AvgIpc) is 3.05. The van der Waals surface area contributed by atoms with Crippen molar-refractivity contribution in [2.75, 3.05) is 19.6 Å². The zero-order valence-corrected chi connectivity index (χ0v) is 14.8. The molecule has 2 amide bonds. The first-order chi connectivity index (χ1) is 10.8. The number of rotatable bonds is 4. The van der Waals surface area contributed by atoms with Gasteiger partial charge in [0.1, 0.15) is 0 Å². The number of nitrogens with one attached hydrogen (secondary N) is 1. The smallest absolute Gasteiger partial charge is 0.226 e. The third kappa shape index (κ3) is 4.69. The topological polar surface area (TPSA) is 69.6 Å². The molecule has 132 valence electrons. The number of carbonyl (C=O) groups is 2. The molecule has 2 fully saturated rings. The number of amides is 2. The quantitative estimate of drug-likeness (QED) is 0.830. The van der Waals surface area contributed by atoms with Gasteiger partial charge in [-0.05, 0) is 31.1 Å². The maximum Gasteiger partial charge on any atom is 0.226 e. The molecule has 5 heteroatoms. The fourth-order valence-electron chi connectivity index (χ4n) is 3.55. The Morgan fingerprint density at radius 1 is 1.09 bits per heavy atom. The summed E-state index contributed by atoms with van der Waals surface area (Å²) >= 11 is 0. The van der Waals surface area contributed by atoms with Gasteiger partial charge in [0, 0.05) is 31.5 Å². The molecule has 1 saturated heterocycles. The van der Waals surface area contributed by atoms with Crippen LogP contribution in [0.3, 0.4) is 0 Å². The van der Waals surface area contributed by atoms with E-state index in [0.29, 0.717) is 0 Å². The van der Waals surface area contributed by atoms with Gasteiger partial charge in [-0.1, -0.05) is 33.6 Å². The molecule has 0 bridgehead atoms. The lowest BCUT2D eigenvalue weighted by Crippen LogP contribution is -2.47. The van der Waals surface area contributed by atoms with Gasteiger partial charge in [0.2, 0.25) is 11.8 Å². The number of hydrogen-bond donors (Lipinski definition) is 2. The van der Waals surface area contributed by atoms with Crippen LogP contribution in [0.25, 0.3) is 0 Å². The molecule has 0 spiro atoms. The third-order valence-corrected chi connectivity index (χ3v) is 5.31. The highest BCUT2D eigenvalue weighted by molar-refractivity contribution is 5.88. The first-order valence-electron chi connectivity index (χ1n) is 9.05. The Labute approximate surface area is 139 Å². The Bertz CT molecular complexity index is 424. The minimum atomic E-state index is -0.581. The molecule has 2 N–H and O–H groups in total. The molecule has 23 heavy (non-hydrogen) atoms. The van der Waals surface area contributed by atoms with Crippen LogP contribution >= 0.6 is 0 Å². The standard InChI is InChI=1S/C18H32N2O3/c1-18(2,3)15(21)12-19-16(22)13-8-4-5-9-14(13)17(23)20-10-6-7-11-20/h13-15,21H,4-12H2,1-3H3,(H,19,22). The lowest BCUT2D eigenvalue weighted by Gasteiger charge is -2.33. The van der Waals surface area contributed by atoms with Crippen molar-refractivity contribution in [3.8, 4) is 0 Å². The van der Waals surface area contributed by atoms with Crippen LogP contribution in [0.2, 0.25) is 0 Å². The van der Waals surface area contributed by atoms with Gasteiger partial charge < -0.3 is 15.3 Å². The van der Waals surface area contributed by atoms with Gasteiger partial charge in [-0.2, -0.15) is 0 Å². The SMILES string of the molecule is CC(C)(C)C(O)CNC(=O)C1CCCCC1C(=O)N1CCCC1. The molecule has 0 aromatic carbocycles. The highest BCUT2D eigenvalue weighted by Gasteiger charge is 2.38. The Morgan fingerprint density at radius 3 is 2.22 bits per heavy atom. The summed E-state index contributed by atoms with van der Waals surface area (Å²) in [4.78, 5) is 27.2. The van der Waals surface area contributed by atoms with Crippen molar-refractivity contribution >= 4 is 11.8 Å². The van der Waals surface area contributed by atoms with E-state index in [9.17, 15) is 14.7 Å². The maximum atomic E-state index is 12.7. The van der Waals surface area contributed by atoms with Crippen molar-refractivity contribution in [1.82, 2.24) is 10.2 Å². The van der Waals surface area contributed by atoms with Gasteiger partial charge >= 0.3 is 0 Å². The number of aliphatic hydroxyl groups excluding tert-OH is 1. The van der Waals surface area contributed by atoms with E-state index >= 15 is 0 Å². The molecule has 1 aliphatic carbocycles. The second-order valence-corrected chi connectivity index (χ2v) is 8.16. The second-order valence-electron chi connectivity index (χ2n) is 8.16. The molecule has 2 rings (SSSR count). The van der Waals surface area contributed by atoms with E-state index in [1.165, 1.54) is 0 Å². The summed E-state index contributed by atoms with van der Waals surface area (Å²) in [6.07, 6.45) is 5.20. The van der Waals surface area contributed by atoms with E-state index in [0.717, 1.165) is 51.6 Å². The van der Waals surface area contributed by atoms with Crippen molar-refractivity contribution in [1.29, 1.82) is 0 Å². The van der Waals surface area contributed by atoms with Crippen LogP contribution in [0.5, 0.6) is 0 Å². The fourth-order valence-corrected chi connectivity index (χ4v) is 3.55. The first-order valence-corrected chi connectivity index (χ1v) is 9.05. The van der Waals surface area contributed by atoms with Crippen LogP contribution < -0.4 is 5.32 Å². The lowest BCUT2D eigenvalue weighted by molar-refractivity contribution is -0.143. The Kier molecular flexibility index (Phi) is 6.06. The van der Waals surface area contributed by atoms with Gasteiger partial charge in [-0.25, -0.2) is 0 Å². The minimum Gasteiger partial charge on any atom is -0.391 e. The predicted octanol–water partition coefficient (Wildman–Crippen LogP) is 1.94. The molecule has 0 aromatic rings. The lowest BCUT2D eigenvalue weighted by atomic mass is 9.77. The van der Waals surface area contributed by atoms with Crippen LogP contribution in [0, 0.1) is 17.3 Å². The number of nitrogens with zero attached hydrogens (tertiary/aromatic N) is 1. The molecule has 1 saturated carbocycles. The molecular formula is C18H32N2O3. The van der Waals surface area contributed by atoms with Crippen LogP contribution in [-0.2, 0) is 9.59 Å². The Balaban J connectivity index is 1.94. The number of carbonyl (C=O) groups excluding carboxylic acids is 2. The first kappa shape index (κ1) is 18.2. The molecule has 0 radical (unpaired) electrons. The summed E-state index contributed by atoms with van der Waals surface area (Å²) in [5.74, 6) is -0.304. The summed E-state index contributed by atoms with van der Waals surface area (Å²) in [5.41, 5.74) is -0.259. The normalized spacial score (nSPS) is 26.9. The van der Waals surface area contributed by atoms with Gasteiger partial charge in [0.05, 0.1) is 6.10 Å². The van der Waals surface area contributed by atoms with Crippen molar-refractivity contribution < 1.29 is 14.7 Å². The van der Waals surface area contributed by atoms with E-state index in [2.05, 4.69) is 5.32 Å². The van der Waals surface area contributed by atoms with Crippen molar-refractivity contribution in [2.45, 2.75) is 65.4 Å². The van der Waals surface area contributed by atoms with Crippen molar-refractivity contribution in [3.63, 3.8) is 0 Å². The van der Waals surface area contributed by atoms with Gasteiger partial charge in [0.15, 0.2) is 0 Å². The minimum absolute atomic E-state index is 0.0643. The van der Waals surface area contributed by atoms with Gasteiger partial charge in [0.25, 0.3) is 0 Å². The number of aliphatic hydroxyl groups is 1. The molecule has 0 aromatic heterocycles. The third-order valence-electron chi connectivity index (χ3n) is 5.31. The number of hydrogen-bond acceptors (Lipinski definition) is 3. The van der Waals surface area contributed by atoms with Crippen LogP contribution in [0.4, 0.5) is 0 Å². The van der Waals surface area contributed by atoms with Gasteiger partial charge in [-0.3, -0.25) is 9.59 Å². The fraction of sp³-hybridized carbons (Fsp3) is 0.889. The summed E-state index contributed by atoms with van der Waals surface area (Å²) < 4.78 is 0. The zero-order valence-electron chi connectivity index (χ0n) is 14.8. The van der Waals surface area contributed by atoms with Crippen LogP contribution in [0.15, 0.2) is 0 Å². The zero-order chi connectivity index (χ0) is 17.0. The van der Waals surface area contributed by atoms with Crippen LogP contribution in [0.1, 0.15) is 59.3 Å². The second kappa shape index (κ2) is 7.65. The molecule has 5 nitrogen and oxygen atoms in total. The molecule has 3 unspecified atom stereocenters. The monoisotopic (exact) mass is 324 g/mol. The highest BCUT2D eigenvalue weighted by atomic mass is 16.3. The Hall–Kier alpha value is -1.10. The number of likely N-dealkylation sites (tertiary alicyclic amines) is 1. The van der Waals surface area contributed by atoms with E-state index in [4.69, 9.17) is 0 Å². The van der Waals surface area contributed by atoms with E-state index in [-0.39, 0.29) is 35.6 Å². The van der Waals surface area contributed by atoms with Crippen molar-refractivity contribution in [2.24, 2.45) is 17.3 Å². The van der Waals surface area contributed by atoms with E-state index < -0.39 is 6.10 Å². The summed E-state index contributed by atoms with van der Waals surface area (Å²) in [7, 11) is 0. The van der Waals surface area contributed by atoms with Crippen LogP contribution in [-0.4, -0.2) is 47.6 Å². The highest BCUT2D eigenvalue weighted by Crippen LogP contribution is 2.32. The molecule has 1 heterocycles. The van der Waals surface area contributed by atoms with E-state index in [1.807, 2.05) is 25.7 Å². The Morgan fingerprint density at radius 2 is 1.65 bits per heavy atom. The molecule has 1 aliphatic heterocycles. The van der Waals surface area contributed by atoms with Gasteiger partial charge in [-0.15, -0.1) is 0 Å². The molecule has 2 aliphatic rings. The summed E-state index contributed by atoms with van der Waals surface area (Å²) in [6.45, 7) is 7.78.